The number of carbonyl (C=O) groups excluding carboxylic acids is 1. The summed E-state index contributed by atoms with van der Waals surface area (Å²) >= 11 is 0. The van der Waals surface area contributed by atoms with E-state index in [1.54, 1.807) is 12.1 Å². The Morgan fingerprint density at radius 2 is 2.05 bits per heavy atom. The minimum Gasteiger partial charge on any atom is -0.449 e. The number of ether oxygens (including phenoxy) is 1. The Kier molecular flexibility index (Phi) is 5.19. The highest BCUT2D eigenvalue weighted by molar-refractivity contribution is 5.70. The van der Waals surface area contributed by atoms with E-state index in [0.717, 1.165) is 23.3 Å². The summed E-state index contributed by atoms with van der Waals surface area (Å²) in [6.07, 6.45) is 9.54. The topological polar surface area (TPSA) is 48.3 Å². The van der Waals surface area contributed by atoms with Crippen LogP contribution in [-0.2, 0) is 4.74 Å². The summed E-state index contributed by atoms with van der Waals surface area (Å²) in [6.45, 7) is 0.396. The van der Waals surface area contributed by atoms with E-state index in [-0.39, 0.29) is 5.56 Å². The fourth-order valence-electron chi connectivity index (χ4n) is 2.64. The van der Waals surface area contributed by atoms with E-state index in [9.17, 15) is 9.59 Å². The van der Waals surface area contributed by atoms with E-state index in [4.69, 9.17) is 4.74 Å². The molecule has 0 saturated heterocycles. The average Bonchev–Trinajstić information content (AvgIpc) is 2.92. The van der Waals surface area contributed by atoms with Crippen LogP contribution in [0.3, 0.4) is 0 Å². The highest BCUT2D eigenvalue weighted by atomic mass is 16.5. The number of unbranched alkanes of at least 4 members (excludes halogenated alkanes) is 1. The van der Waals surface area contributed by atoms with Crippen LogP contribution in [0, 0.1) is 5.92 Å². The summed E-state index contributed by atoms with van der Waals surface area (Å²) in [6, 6.07) is 4.60. The molecule has 1 aromatic rings. The Balaban J connectivity index is 1.64. The molecule has 4 heteroatoms. The van der Waals surface area contributed by atoms with Crippen molar-refractivity contribution in [2.75, 3.05) is 6.61 Å². The van der Waals surface area contributed by atoms with Crippen molar-refractivity contribution >= 4 is 6.09 Å². The number of hydrogen-bond donors (Lipinski definition) is 0. The first-order chi connectivity index (χ1) is 9.27. The van der Waals surface area contributed by atoms with Crippen molar-refractivity contribution in [3.8, 4) is 0 Å². The minimum absolute atomic E-state index is 0.349. The minimum atomic E-state index is -0.577. The number of carbonyl (C=O) groups is 1. The number of hydrogen-bond acceptors (Lipinski definition) is 3. The van der Waals surface area contributed by atoms with Gasteiger partial charge in [0.2, 0.25) is 0 Å². The van der Waals surface area contributed by atoms with Crippen molar-refractivity contribution < 1.29 is 9.53 Å². The summed E-state index contributed by atoms with van der Waals surface area (Å²) < 4.78 is 6.09. The Morgan fingerprint density at radius 1 is 1.26 bits per heavy atom. The van der Waals surface area contributed by atoms with Crippen molar-refractivity contribution in [1.82, 2.24) is 4.57 Å². The predicted molar refractivity (Wildman–Crippen MR) is 73.3 cm³/mol. The Morgan fingerprint density at radius 3 is 2.79 bits per heavy atom. The molecule has 0 spiro atoms. The number of rotatable bonds is 5. The van der Waals surface area contributed by atoms with Gasteiger partial charge in [0.05, 0.1) is 6.61 Å². The second-order valence-electron chi connectivity index (χ2n) is 5.17. The molecule has 19 heavy (non-hydrogen) atoms. The van der Waals surface area contributed by atoms with Crippen molar-refractivity contribution in [3.05, 3.63) is 34.7 Å². The monoisotopic (exact) mass is 263 g/mol. The van der Waals surface area contributed by atoms with Gasteiger partial charge in [0.1, 0.15) is 0 Å². The van der Waals surface area contributed by atoms with Crippen molar-refractivity contribution in [2.45, 2.75) is 44.9 Å². The van der Waals surface area contributed by atoms with Gasteiger partial charge in [-0.1, -0.05) is 38.2 Å². The van der Waals surface area contributed by atoms with Gasteiger partial charge in [0, 0.05) is 12.3 Å². The van der Waals surface area contributed by atoms with E-state index in [0.29, 0.717) is 6.61 Å². The van der Waals surface area contributed by atoms with Crippen LogP contribution in [0.25, 0.3) is 0 Å². The zero-order chi connectivity index (χ0) is 13.5. The average molecular weight is 263 g/mol. The SMILES string of the molecule is O=C(OCCCCC1CCCC1)n1ccccc1=O. The molecule has 1 heterocycles. The third-order valence-electron chi connectivity index (χ3n) is 3.73. The highest BCUT2D eigenvalue weighted by Gasteiger charge is 2.14. The first-order valence-electron chi connectivity index (χ1n) is 7.12. The lowest BCUT2D eigenvalue weighted by Gasteiger charge is -2.09. The van der Waals surface area contributed by atoms with E-state index < -0.39 is 6.09 Å². The summed E-state index contributed by atoms with van der Waals surface area (Å²) in [4.78, 5) is 23.0. The molecule has 0 aliphatic heterocycles. The van der Waals surface area contributed by atoms with Crippen molar-refractivity contribution in [2.24, 2.45) is 5.92 Å². The molecular formula is C15H21NO3. The molecule has 0 radical (unpaired) electrons. The Bertz CT molecular complexity index is 460. The first-order valence-corrected chi connectivity index (χ1v) is 7.12. The fraction of sp³-hybridized carbons (Fsp3) is 0.600. The first kappa shape index (κ1) is 13.8. The maximum Gasteiger partial charge on any atom is 0.420 e. The molecule has 4 nitrogen and oxygen atoms in total. The highest BCUT2D eigenvalue weighted by Crippen LogP contribution is 2.28. The zero-order valence-corrected chi connectivity index (χ0v) is 11.2. The van der Waals surface area contributed by atoms with E-state index >= 15 is 0 Å². The lowest BCUT2D eigenvalue weighted by Crippen LogP contribution is -2.26. The molecule has 104 valence electrons. The molecular weight excluding hydrogens is 242 g/mol. The quantitative estimate of drug-likeness (QED) is 0.766. The van der Waals surface area contributed by atoms with Gasteiger partial charge < -0.3 is 4.74 Å². The van der Waals surface area contributed by atoms with Gasteiger partial charge in [-0.15, -0.1) is 0 Å². The molecule has 0 aromatic carbocycles. The third-order valence-corrected chi connectivity index (χ3v) is 3.73. The van der Waals surface area contributed by atoms with Crippen LogP contribution in [0.5, 0.6) is 0 Å². The van der Waals surface area contributed by atoms with E-state index in [1.807, 2.05) is 0 Å². The van der Waals surface area contributed by atoms with Gasteiger partial charge in [-0.25, -0.2) is 9.36 Å². The van der Waals surface area contributed by atoms with Gasteiger partial charge in [-0.05, 0) is 24.8 Å². The molecule has 1 aromatic heterocycles. The predicted octanol–water partition coefficient (Wildman–Crippen LogP) is 3.19. The standard InChI is InChI=1S/C15H21NO3/c17-14-10-3-5-11-16(14)15(18)19-12-6-4-9-13-7-1-2-8-13/h3,5,10-11,13H,1-2,4,6-9,12H2. The normalized spacial score (nSPS) is 15.6. The van der Waals surface area contributed by atoms with E-state index in [1.165, 1.54) is 44.4 Å². The molecule has 2 rings (SSSR count). The van der Waals surface area contributed by atoms with Gasteiger partial charge in [0.15, 0.2) is 0 Å². The largest absolute Gasteiger partial charge is 0.449 e. The number of aromatic nitrogens is 1. The molecule has 0 amide bonds. The molecule has 0 unspecified atom stereocenters. The maximum absolute atomic E-state index is 11.6. The van der Waals surface area contributed by atoms with Gasteiger partial charge >= 0.3 is 6.09 Å². The lowest BCUT2D eigenvalue weighted by molar-refractivity contribution is 0.144. The third kappa shape index (κ3) is 4.23. The Hall–Kier alpha value is -1.58. The van der Waals surface area contributed by atoms with E-state index in [2.05, 4.69) is 0 Å². The summed E-state index contributed by atoms with van der Waals surface area (Å²) in [5.41, 5.74) is -0.349. The summed E-state index contributed by atoms with van der Waals surface area (Å²) in [5.74, 6) is 0.882. The van der Waals surface area contributed by atoms with Crippen LogP contribution in [0.15, 0.2) is 29.2 Å². The van der Waals surface area contributed by atoms with Crippen LogP contribution in [0.1, 0.15) is 44.9 Å². The molecule has 1 aliphatic rings. The Labute approximate surface area is 113 Å². The molecule has 1 saturated carbocycles. The van der Waals surface area contributed by atoms with Crippen molar-refractivity contribution in [3.63, 3.8) is 0 Å². The van der Waals surface area contributed by atoms with Gasteiger partial charge in [0.25, 0.3) is 5.56 Å². The maximum atomic E-state index is 11.6. The molecule has 1 fully saturated rings. The van der Waals surface area contributed by atoms with Crippen LogP contribution in [0.2, 0.25) is 0 Å². The number of nitrogens with zero attached hydrogens (tertiary/aromatic N) is 1. The van der Waals surface area contributed by atoms with Gasteiger partial charge in [-0.3, -0.25) is 4.79 Å². The van der Waals surface area contributed by atoms with Crippen LogP contribution in [-0.4, -0.2) is 17.3 Å². The summed E-state index contributed by atoms with van der Waals surface area (Å²) in [5, 5.41) is 0. The zero-order valence-electron chi connectivity index (χ0n) is 11.2. The van der Waals surface area contributed by atoms with Crippen LogP contribution in [0.4, 0.5) is 4.79 Å². The van der Waals surface area contributed by atoms with Crippen LogP contribution >= 0.6 is 0 Å². The molecule has 1 aliphatic carbocycles. The molecule has 0 bridgehead atoms. The lowest BCUT2D eigenvalue weighted by atomic mass is 10.0. The smallest absolute Gasteiger partial charge is 0.420 e. The van der Waals surface area contributed by atoms with Gasteiger partial charge in [-0.2, -0.15) is 0 Å². The summed E-state index contributed by atoms with van der Waals surface area (Å²) in [7, 11) is 0. The van der Waals surface area contributed by atoms with Crippen LogP contribution < -0.4 is 5.56 Å². The fourth-order valence-corrected chi connectivity index (χ4v) is 2.64. The molecule has 0 N–H and O–H groups in total. The second kappa shape index (κ2) is 7.12. The second-order valence-corrected chi connectivity index (χ2v) is 5.17. The molecule has 0 atom stereocenters. The van der Waals surface area contributed by atoms with Crippen molar-refractivity contribution in [1.29, 1.82) is 0 Å². The number of pyridine rings is 1.